The molecule has 0 spiro atoms. The molecule has 0 unspecified atom stereocenters. The molecule has 31 heavy (non-hydrogen) atoms. The minimum absolute atomic E-state index is 0. The smallest absolute Gasteiger partial charge is 0.225 e. The molecular weight excluding hydrogens is 539 g/mol. The molecule has 4 rings (SSSR count). The van der Waals surface area contributed by atoms with E-state index in [1.165, 1.54) is 17.7 Å². The van der Waals surface area contributed by atoms with E-state index in [0.29, 0.717) is 16.7 Å². The maximum atomic E-state index is 12.8. The van der Waals surface area contributed by atoms with Gasteiger partial charge >= 0.3 is 0 Å². The molecule has 0 bridgehead atoms. The number of hydrogen-bond acceptors (Lipinski definition) is 4. The van der Waals surface area contributed by atoms with Gasteiger partial charge in [0.05, 0.1) is 0 Å². The van der Waals surface area contributed by atoms with Crippen LogP contribution in [0.15, 0.2) is 40.2 Å². The van der Waals surface area contributed by atoms with Crippen LogP contribution in [0, 0.1) is 5.92 Å². The molecule has 0 aromatic heterocycles. The number of aliphatic imine (C=N–C) groups is 1. The largest absolute Gasteiger partial charge is 0.355 e. The van der Waals surface area contributed by atoms with Crippen molar-refractivity contribution in [3.8, 4) is 0 Å². The highest BCUT2D eigenvalue weighted by atomic mass is 127. The van der Waals surface area contributed by atoms with Crippen molar-refractivity contribution in [2.24, 2.45) is 10.9 Å². The zero-order valence-electron chi connectivity index (χ0n) is 18.3. The quantitative estimate of drug-likeness (QED) is 0.303. The van der Waals surface area contributed by atoms with E-state index in [1.54, 1.807) is 0 Å². The summed E-state index contributed by atoms with van der Waals surface area (Å²) in [7, 11) is 1.85. The average Bonchev–Trinajstić information content (AvgIpc) is 3.57. The van der Waals surface area contributed by atoms with Gasteiger partial charge in [-0.1, -0.05) is 18.2 Å². The van der Waals surface area contributed by atoms with Crippen molar-refractivity contribution < 1.29 is 4.79 Å². The third-order valence-corrected chi connectivity index (χ3v) is 8.86. The van der Waals surface area contributed by atoms with Crippen LogP contribution in [0.4, 0.5) is 0 Å². The first-order valence-corrected chi connectivity index (χ1v) is 13.2. The van der Waals surface area contributed by atoms with E-state index in [0.717, 1.165) is 62.8 Å². The lowest BCUT2D eigenvalue weighted by Crippen LogP contribution is -2.48. The first-order chi connectivity index (χ1) is 14.7. The monoisotopic (exact) mass is 574 g/mol. The zero-order valence-corrected chi connectivity index (χ0v) is 22.3. The van der Waals surface area contributed by atoms with Crippen molar-refractivity contribution in [1.29, 1.82) is 0 Å². The molecule has 0 atom stereocenters. The molecule has 1 aromatic carbocycles. The predicted octanol–water partition coefficient (Wildman–Crippen LogP) is 4.23. The van der Waals surface area contributed by atoms with Gasteiger partial charge in [-0.2, -0.15) is 11.8 Å². The van der Waals surface area contributed by atoms with Crippen molar-refractivity contribution in [1.82, 2.24) is 15.5 Å². The Morgan fingerprint density at radius 2 is 1.84 bits per heavy atom. The highest BCUT2D eigenvalue weighted by Gasteiger charge is 2.43. The number of benzene rings is 1. The topological polar surface area (TPSA) is 56.7 Å². The minimum atomic E-state index is 0. The molecule has 1 aliphatic heterocycles. The number of carbonyl (C=O) groups excluding carboxylic acids is 1. The second kappa shape index (κ2) is 12.0. The number of nitrogens with zero attached hydrogens (tertiary/aromatic N) is 2. The molecular formula is C23H35IN4OS2. The molecule has 2 N–H and O–H groups in total. The number of guanidine groups is 1. The van der Waals surface area contributed by atoms with E-state index >= 15 is 0 Å². The Kier molecular flexibility index (Phi) is 9.70. The average molecular weight is 575 g/mol. The van der Waals surface area contributed by atoms with Gasteiger partial charge in [0.1, 0.15) is 0 Å². The molecule has 2 saturated carbocycles. The van der Waals surface area contributed by atoms with Gasteiger partial charge < -0.3 is 15.5 Å². The Morgan fingerprint density at radius 3 is 2.45 bits per heavy atom. The Labute approximate surface area is 212 Å². The summed E-state index contributed by atoms with van der Waals surface area (Å²) in [5.41, 5.74) is 0. The molecule has 1 heterocycles. The summed E-state index contributed by atoms with van der Waals surface area (Å²) in [6.45, 7) is 2.80. The fourth-order valence-electron chi connectivity index (χ4n) is 4.35. The first-order valence-electron chi connectivity index (χ1n) is 11.3. The van der Waals surface area contributed by atoms with Gasteiger partial charge in [0.15, 0.2) is 5.96 Å². The number of rotatable bonds is 6. The summed E-state index contributed by atoms with van der Waals surface area (Å²) in [5.74, 6) is 3.70. The number of thioether (sulfide) groups is 2. The number of halogens is 1. The van der Waals surface area contributed by atoms with Crippen LogP contribution >= 0.6 is 47.5 Å². The maximum absolute atomic E-state index is 12.8. The summed E-state index contributed by atoms with van der Waals surface area (Å²) in [6, 6.07) is 11.1. The molecule has 3 aliphatic rings. The van der Waals surface area contributed by atoms with Crippen LogP contribution in [0.2, 0.25) is 0 Å². The van der Waals surface area contributed by atoms with Crippen molar-refractivity contribution >= 4 is 59.4 Å². The lowest BCUT2D eigenvalue weighted by atomic mass is 9.85. The number of nitrogens with one attached hydrogen (secondary N) is 2. The molecule has 1 saturated heterocycles. The van der Waals surface area contributed by atoms with E-state index in [-0.39, 0.29) is 29.9 Å². The van der Waals surface area contributed by atoms with Crippen molar-refractivity contribution in [2.75, 3.05) is 38.2 Å². The molecule has 3 fully saturated rings. The Morgan fingerprint density at radius 1 is 1.16 bits per heavy atom. The Hall–Kier alpha value is -0.610. The number of hydrogen-bond donors (Lipinski definition) is 2. The predicted molar refractivity (Wildman–Crippen MR) is 144 cm³/mol. The standard InChI is InChI=1S/C23H34N4OS2.HI/c1-24-22(25-17-23(11-12-23)30-20-5-3-2-4-6-20)26-19-9-7-18(8-10-19)21(28)27-13-15-29-16-14-27;/h2-6,18-19H,7-17H2,1H3,(H2,24,25,26);1H. The summed E-state index contributed by atoms with van der Waals surface area (Å²) < 4.78 is 0.301. The lowest BCUT2D eigenvalue weighted by molar-refractivity contribution is -0.136. The molecule has 1 aromatic rings. The first kappa shape index (κ1) is 25.0. The van der Waals surface area contributed by atoms with Crippen LogP contribution < -0.4 is 10.6 Å². The van der Waals surface area contributed by atoms with E-state index < -0.39 is 0 Å². The van der Waals surface area contributed by atoms with Crippen LogP contribution in [0.1, 0.15) is 38.5 Å². The summed E-state index contributed by atoms with van der Waals surface area (Å²) >= 11 is 3.94. The summed E-state index contributed by atoms with van der Waals surface area (Å²) in [4.78, 5) is 20.7. The molecule has 1 amide bonds. The highest BCUT2D eigenvalue weighted by Crippen LogP contribution is 2.51. The van der Waals surface area contributed by atoms with Crippen LogP contribution in [-0.2, 0) is 4.79 Å². The lowest BCUT2D eigenvalue weighted by Gasteiger charge is -2.34. The fraction of sp³-hybridized carbons (Fsp3) is 0.652. The van der Waals surface area contributed by atoms with Gasteiger partial charge in [0.25, 0.3) is 0 Å². The molecule has 5 nitrogen and oxygen atoms in total. The fourth-order valence-corrected chi connectivity index (χ4v) is 6.50. The summed E-state index contributed by atoms with van der Waals surface area (Å²) in [6.07, 6.45) is 6.57. The third kappa shape index (κ3) is 7.19. The number of amides is 1. The molecule has 0 radical (unpaired) electrons. The van der Waals surface area contributed by atoms with Gasteiger partial charge in [0, 0.05) is 59.8 Å². The SMILES string of the molecule is CN=C(NCC1(Sc2ccccc2)CC1)NC1CCC(C(=O)N2CCSCC2)CC1.I. The van der Waals surface area contributed by atoms with Gasteiger partial charge in [0.2, 0.25) is 5.91 Å². The normalized spacial score (nSPS) is 25.3. The van der Waals surface area contributed by atoms with Crippen LogP contribution in [0.3, 0.4) is 0 Å². The zero-order chi connectivity index (χ0) is 20.8. The van der Waals surface area contributed by atoms with Crippen LogP contribution in [0.5, 0.6) is 0 Å². The molecule has 172 valence electrons. The van der Waals surface area contributed by atoms with Crippen molar-refractivity contribution in [3.63, 3.8) is 0 Å². The summed E-state index contributed by atoms with van der Waals surface area (Å²) in [5, 5.41) is 7.18. The minimum Gasteiger partial charge on any atom is -0.355 e. The van der Waals surface area contributed by atoms with Gasteiger partial charge in [-0.15, -0.1) is 35.7 Å². The third-order valence-electron chi connectivity index (χ3n) is 6.43. The van der Waals surface area contributed by atoms with Gasteiger partial charge in [-0.05, 0) is 50.7 Å². The van der Waals surface area contributed by atoms with E-state index in [4.69, 9.17) is 0 Å². The Balaban J connectivity index is 0.00000272. The Bertz CT molecular complexity index is 730. The second-order valence-electron chi connectivity index (χ2n) is 8.65. The van der Waals surface area contributed by atoms with E-state index in [1.807, 2.05) is 30.6 Å². The highest BCUT2D eigenvalue weighted by molar-refractivity contribution is 14.0. The van der Waals surface area contributed by atoms with Gasteiger partial charge in [-0.25, -0.2) is 0 Å². The van der Waals surface area contributed by atoms with Gasteiger partial charge in [-0.3, -0.25) is 9.79 Å². The molecule has 8 heteroatoms. The number of carbonyl (C=O) groups is 1. The van der Waals surface area contributed by atoms with Crippen LogP contribution in [0.25, 0.3) is 0 Å². The van der Waals surface area contributed by atoms with E-state index in [9.17, 15) is 4.79 Å². The van der Waals surface area contributed by atoms with E-state index in [2.05, 4.69) is 50.9 Å². The van der Waals surface area contributed by atoms with Crippen LogP contribution in [-0.4, -0.2) is 65.7 Å². The maximum Gasteiger partial charge on any atom is 0.225 e. The van der Waals surface area contributed by atoms with Crippen molar-refractivity contribution in [2.45, 2.75) is 54.2 Å². The van der Waals surface area contributed by atoms with Crippen molar-refractivity contribution in [3.05, 3.63) is 30.3 Å². The molecule has 2 aliphatic carbocycles. The second-order valence-corrected chi connectivity index (χ2v) is 11.4.